The van der Waals surface area contributed by atoms with E-state index < -0.39 is 11.8 Å². The molecule has 2 amide bonds. The molecule has 0 radical (unpaired) electrons. The number of amides is 2. The van der Waals surface area contributed by atoms with E-state index in [2.05, 4.69) is 28.6 Å². The largest absolute Gasteiger partial charge is 0.320 e. The molecule has 5 nitrogen and oxygen atoms in total. The quantitative estimate of drug-likeness (QED) is 0.384. The molecule has 138 valence electrons. The summed E-state index contributed by atoms with van der Waals surface area (Å²) in [6.07, 6.45) is 5.22. The standard InChI is InChI=1S/C21H21N3O2S/c1-5-10-23-20(26)18(19(25)22-21(23)27)11-17-14(3)12-24(15(17)4)16-8-6-13(2)7-9-16/h5-9,11-12H,1,10H2,2-4H3,(H,22,25,27). The molecule has 0 spiro atoms. The molecule has 2 aromatic rings. The lowest BCUT2D eigenvalue weighted by atomic mass is 10.1. The van der Waals surface area contributed by atoms with Crippen molar-refractivity contribution in [3.05, 3.63) is 71.1 Å². The van der Waals surface area contributed by atoms with Crippen molar-refractivity contribution >= 4 is 35.2 Å². The van der Waals surface area contributed by atoms with E-state index in [1.807, 2.05) is 39.1 Å². The van der Waals surface area contributed by atoms with Gasteiger partial charge in [0.05, 0.1) is 0 Å². The Hall–Kier alpha value is -2.99. The third-order valence-corrected chi connectivity index (χ3v) is 4.92. The number of carbonyl (C=O) groups excluding carboxylic acids is 2. The molecule has 2 heterocycles. The monoisotopic (exact) mass is 379 g/mol. The Balaban J connectivity index is 2.05. The number of benzene rings is 1. The Labute approximate surface area is 164 Å². The van der Waals surface area contributed by atoms with Gasteiger partial charge in [0.1, 0.15) is 5.57 Å². The topological polar surface area (TPSA) is 54.3 Å². The normalized spacial score (nSPS) is 16.0. The summed E-state index contributed by atoms with van der Waals surface area (Å²) in [5.41, 5.74) is 5.06. The molecule has 1 aromatic heterocycles. The highest BCUT2D eigenvalue weighted by Crippen LogP contribution is 2.25. The lowest BCUT2D eigenvalue weighted by Gasteiger charge is -2.27. The van der Waals surface area contributed by atoms with E-state index in [4.69, 9.17) is 12.2 Å². The summed E-state index contributed by atoms with van der Waals surface area (Å²) in [6.45, 7) is 9.85. The van der Waals surface area contributed by atoms with Crippen LogP contribution in [0.15, 0.2) is 48.7 Å². The van der Waals surface area contributed by atoms with E-state index in [1.165, 1.54) is 10.5 Å². The fourth-order valence-electron chi connectivity index (χ4n) is 3.10. The van der Waals surface area contributed by atoms with Gasteiger partial charge in [-0.1, -0.05) is 23.8 Å². The van der Waals surface area contributed by atoms with E-state index in [1.54, 1.807) is 12.2 Å². The fraction of sp³-hybridized carbons (Fsp3) is 0.190. The predicted octanol–water partition coefficient (Wildman–Crippen LogP) is 3.22. The summed E-state index contributed by atoms with van der Waals surface area (Å²) in [6, 6.07) is 8.19. The van der Waals surface area contributed by atoms with Crippen molar-refractivity contribution in [2.24, 2.45) is 0 Å². The van der Waals surface area contributed by atoms with Crippen LogP contribution in [0.2, 0.25) is 0 Å². The number of rotatable bonds is 4. The van der Waals surface area contributed by atoms with Gasteiger partial charge >= 0.3 is 0 Å². The molecule has 0 aliphatic carbocycles. The maximum Gasteiger partial charge on any atom is 0.265 e. The smallest absolute Gasteiger partial charge is 0.265 e. The van der Waals surface area contributed by atoms with E-state index >= 15 is 0 Å². The summed E-state index contributed by atoms with van der Waals surface area (Å²) in [5, 5.41) is 2.68. The van der Waals surface area contributed by atoms with Crippen LogP contribution in [-0.2, 0) is 9.59 Å². The van der Waals surface area contributed by atoms with Gasteiger partial charge < -0.3 is 4.57 Å². The van der Waals surface area contributed by atoms with Crippen molar-refractivity contribution < 1.29 is 9.59 Å². The highest BCUT2D eigenvalue weighted by Gasteiger charge is 2.33. The van der Waals surface area contributed by atoms with Crippen molar-refractivity contribution in [2.45, 2.75) is 20.8 Å². The molecule has 1 aliphatic heterocycles. The zero-order valence-electron chi connectivity index (χ0n) is 15.6. The summed E-state index contributed by atoms with van der Waals surface area (Å²) in [4.78, 5) is 26.4. The number of nitrogens with one attached hydrogen (secondary N) is 1. The van der Waals surface area contributed by atoms with Crippen molar-refractivity contribution in [3.8, 4) is 5.69 Å². The molecule has 1 aliphatic rings. The molecule has 1 fully saturated rings. The zero-order chi connectivity index (χ0) is 19.7. The first-order valence-corrected chi connectivity index (χ1v) is 8.99. The number of aromatic nitrogens is 1. The van der Waals surface area contributed by atoms with Gasteiger partial charge in [-0.2, -0.15) is 0 Å². The van der Waals surface area contributed by atoms with Crippen LogP contribution < -0.4 is 5.32 Å². The number of thiocarbonyl (C=S) groups is 1. The molecular weight excluding hydrogens is 358 g/mol. The third kappa shape index (κ3) is 3.48. The molecule has 3 rings (SSSR count). The number of hydrogen-bond donors (Lipinski definition) is 1. The van der Waals surface area contributed by atoms with Gasteiger partial charge in [-0.3, -0.25) is 19.8 Å². The average molecular weight is 379 g/mol. The summed E-state index contributed by atoms with van der Waals surface area (Å²) in [7, 11) is 0. The minimum absolute atomic E-state index is 0.0679. The number of hydrogen-bond acceptors (Lipinski definition) is 3. The number of aryl methyl sites for hydroxylation is 2. The average Bonchev–Trinajstić information content (AvgIpc) is 2.90. The van der Waals surface area contributed by atoms with E-state index in [0.29, 0.717) is 0 Å². The molecular formula is C21H21N3O2S. The van der Waals surface area contributed by atoms with Gasteiger partial charge in [0.25, 0.3) is 11.8 Å². The fourth-order valence-corrected chi connectivity index (χ4v) is 3.35. The Morgan fingerprint density at radius 1 is 1.15 bits per heavy atom. The molecule has 0 saturated carbocycles. The van der Waals surface area contributed by atoms with Gasteiger partial charge in [0, 0.05) is 24.1 Å². The van der Waals surface area contributed by atoms with E-state index in [-0.39, 0.29) is 17.2 Å². The van der Waals surface area contributed by atoms with Crippen LogP contribution in [0.5, 0.6) is 0 Å². The van der Waals surface area contributed by atoms with Crippen LogP contribution in [0.1, 0.15) is 22.4 Å². The van der Waals surface area contributed by atoms with Crippen molar-refractivity contribution in [2.75, 3.05) is 6.54 Å². The van der Waals surface area contributed by atoms with Gasteiger partial charge in [0.2, 0.25) is 0 Å². The second-order valence-corrected chi connectivity index (χ2v) is 6.93. The Kier molecular flexibility index (Phi) is 5.10. The second-order valence-electron chi connectivity index (χ2n) is 6.54. The van der Waals surface area contributed by atoms with E-state index in [9.17, 15) is 9.59 Å². The Morgan fingerprint density at radius 2 is 1.81 bits per heavy atom. The van der Waals surface area contributed by atoms with Crippen molar-refractivity contribution in [1.82, 2.24) is 14.8 Å². The first-order chi connectivity index (χ1) is 12.8. The third-order valence-electron chi connectivity index (χ3n) is 4.60. The summed E-state index contributed by atoms with van der Waals surface area (Å²) >= 11 is 5.09. The summed E-state index contributed by atoms with van der Waals surface area (Å²) in [5.74, 6) is -0.891. The van der Waals surface area contributed by atoms with Gasteiger partial charge in [-0.05, 0) is 62.3 Å². The van der Waals surface area contributed by atoms with Crippen LogP contribution in [-0.4, -0.2) is 32.9 Å². The Bertz CT molecular complexity index is 984. The van der Waals surface area contributed by atoms with Crippen molar-refractivity contribution in [3.63, 3.8) is 0 Å². The second kappa shape index (κ2) is 7.32. The highest BCUT2D eigenvalue weighted by molar-refractivity contribution is 7.80. The lowest BCUT2D eigenvalue weighted by Crippen LogP contribution is -2.53. The lowest BCUT2D eigenvalue weighted by molar-refractivity contribution is -0.128. The van der Waals surface area contributed by atoms with Crippen LogP contribution in [0.4, 0.5) is 0 Å². The molecule has 0 unspecified atom stereocenters. The van der Waals surface area contributed by atoms with Gasteiger partial charge in [0.15, 0.2) is 5.11 Å². The minimum Gasteiger partial charge on any atom is -0.320 e. The first kappa shape index (κ1) is 18.8. The SMILES string of the molecule is C=CCN1C(=O)C(=Cc2c(C)cn(-c3ccc(C)cc3)c2C)C(=O)NC1=S. The number of carbonyl (C=O) groups is 2. The van der Waals surface area contributed by atoms with Gasteiger partial charge in [-0.15, -0.1) is 6.58 Å². The van der Waals surface area contributed by atoms with Crippen LogP contribution in [0.25, 0.3) is 11.8 Å². The van der Waals surface area contributed by atoms with Crippen LogP contribution >= 0.6 is 12.2 Å². The zero-order valence-corrected chi connectivity index (χ0v) is 16.4. The minimum atomic E-state index is -0.479. The van der Waals surface area contributed by atoms with Crippen molar-refractivity contribution in [1.29, 1.82) is 0 Å². The predicted molar refractivity (Wildman–Crippen MR) is 111 cm³/mol. The molecule has 0 atom stereocenters. The molecule has 6 heteroatoms. The molecule has 27 heavy (non-hydrogen) atoms. The van der Waals surface area contributed by atoms with Gasteiger partial charge in [-0.25, -0.2) is 0 Å². The molecule has 1 saturated heterocycles. The van der Waals surface area contributed by atoms with Crippen LogP contribution in [0.3, 0.4) is 0 Å². The Morgan fingerprint density at radius 3 is 2.44 bits per heavy atom. The maximum atomic E-state index is 12.7. The molecule has 0 bridgehead atoms. The molecule has 1 N–H and O–H groups in total. The maximum absolute atomic E-state index is 12.7. The first-order valence-electron chi connectivity index (χ1n) is 8.59. The highest BCUT2D eigenvalue weighted by atomic mass is 32.1. The number of nitrogens with zero attached hydrogens (tertiary/aromatic N) is 2. The molecule has 1 aromatic carbocycles. The van der Waals surface area contributed by atoms with Crippen LogP contribution in [0, 0.1) is 20.8 Å². The van der Waals surface area contributed by atoms with E-state index in [0.717, 1.165) is 22.5 Å². The summed E-state index contributed by atoms with van der Waals surface area (Å²) < 4.78 is 2.05.